The van der Waals surface area contributed by atoms with E-state index in [1.807, 2.05) is 24.3 Å². The molecule has 17 heavy (non-hydrogen) atoms. The first-order chi connectivity index (χ1) is 8.22. The molecule has 0 atom stereocenters. The summed E-state index contributed by atoms with van der Waals surface area (Å²) in [6.45, 7) is 0. The molecular weight excluding hydrogens is 216 g/mol. The van der Waals surface area contributed by atoms with Crippen LogP contribution in [0.2, 0.25) is 0 Å². The average Bonchev–Trinajstić information content (AvgIpc) is 2.39. The van der Waals surface area contributed by atoms with Crippen LogP contribution in [0, 0.1) is 21.4 Å². The van der Waals surface area contributed by atoms with E-state index >= 15 is 0 Å². The van der Waals surface area contributed by atoms with Crippen molar-refractivity contribution >= 4 is 5.69 Å². The molecule has 0 aliphatic carbocycles. The maximum absolute atomic E-state index is 11.0. The predicted molar refractivity (Wildman–Crippen MR) is 63.2 cm³/mol. The lowest BCUT2D eigenvalue weighted by Gasteiger charge is -2.03. The minimum absolute atomic E-state index is 0.0461. The zero-order valence-corrected chi connectivity index (χ0v) is 8.83. The smallest absolute Gasteiger partial charge is 0.258 e. The van der Waals surface area contributed by atoms with Gasteiger partial charge in [0.1, 0.15) is 0 Å². The fraction of sp³-hybridized carbons (Fsp3) is 0. The Morgan fingerprint density at radius 3 is 2.41 bits per heavy atom. The predicted octanol–water partition coefficient (Wildman–Crippen LogP) is 3.13. The van der Waals surface area contributed by atoms with Crippen LogP contribution in [0.3, 0.4) is 0 Å². The van der Waals surface area contributed by atoms with Gasteiger partial charge in [-0.25, -0.2) is 0 Å². The van der Waals surface area contributed by atoms with Crippen LogP contribution in [-0.4, -0.2) is 4.92 Å². The van der Waals surface area contributed by atoms with Crippen molar-refractivity contribution in [2.75, 3.05) is 0 Å². The van der Waals surface area contributed by atoms with Gasteiger partial charge in [0.15, 0.2) is 0 Å². The summed E-state index contributed by atoms with van der Waals surface area (Å²) in [6, 6.07) is 15.5. The highest BCUT2D eigenvalue weighted by Crippen LogP contribution is 2.30. The van der Waals surface area contributed by atoms with Crippen molar-refractivity contribution in [3.63, 3.8) is 0 Å². The first-order valence-electron chi connectivity index (χ1n) is 4.96. The van der Waals surface area contributed by atoms with Crippen molar-refractivity contribution in [1.82, 2.24) is 0 Å². The number of rotatable bonds is 2. The van der Waals surface area contributed by atoms with Crippen LogP contribution in [0.1, 0.15) is 5.56 Å². The number of nitro benzene ring substituents is 1. The van der Waals surface area contributed by atoms with E-state index in [0.717, 1.165) is 5.56 Å². The summed E-state index contributed by atoms with van der Waals surface area (Å²) in [5.74, 6) is 0. The minimum atomic E-state index is -0.469. The summed E-state index contributed by atoms with van der Waals surface area (Å²) in [5.41, 5.74) is 1.53. The summed E-state index contributed by atoms with van der Waals surface area (Å²) >= 11 is 0. The molecule has 4 nitrogen and oxygen atoms in total. The molecule has 2 aromatic rings. The Bertz CT molecular complexity index is 601. The molecule has 4 heteroatoms. The molecule has 0 spiro atoms. The monoisotopic (exact) mass is 224 g/mol. The number of hydrogen-bond donors (Lipinski definition) is 0. The van der Waals surface area contributed by atoms with Crippen molar-refractivity contribution in [2.24, 2.45) is 0 Å². The van der Waals surface area contributed by atoms with Gasteiger partial charge >= 0.3 is 0 Å². The summed E-state index contributed by atoms with van der Waals surface area (Å²) in [5, 5.41) is 19.7. The lowest BCUT2D eigenvalue weighted by molar-refractivity contribution is -0.384. The Balaban J connectivity index is 2.63. The third kappa shape index (κ3) is 2.13. The fourth-order valence-corrected chi connectivity index (χ4v) is 1.61. The molecule has 0 heterocycles. The van der Waals surface area contributed by atoms with E-state index in [2.05, 4.69) is 0 Å². The van der Waals surface area contributed by atoms with Crippen molar-refractivity contribution in [3.05, 3.63) is 64.2 Å². The van der Waals surface area contributed by atoms with Gasteiger partial charge in [0.25, 0.3) is 5.69 Å². The molecule has 0 saturated heterocycles. The molecule has 0 fully saturated rings. The molecule has 2 rings (SSSR count). The van der Waals surface area contributed by atoms with Crippen LogP contribution in [-0.2, 0) is 0 Å². The van der Waals surface area contributed by atoms with Crippen LogP contribution in [0.4, 0.5) is 5.69 Å². The summed E-state index contributed by atoms with van der Waals surface area (Å²) in [4.78, 5) is 10.5. The third-order valence-corrected chi connectivity index (χ3v) is 2.41. The second-order valence-corrected chi connectivity index (χ2v) is 3.47. The number of benzene rings is 2. The average molecular weight is 224 g/mol. The fourth-order valence-electron chi connectivity index (χ4n) is 1.61. The lowest BCUT2D eigenvalue weighted by Crippen LogP contribution is -1.92. The van der Waals surface area contributed by atoms with Gasteiger partial charge in [-0.3, -0.25) is 10.1 Å². The first-order valence-corrected chi connectivity index (χ1v) is 4.96. The molecule has 0 bridgehead atoms. The first kappa shape index (κ1) is 10.8. The quantitative estimate of drug-likeness (QED) is 0.581. The Kier molecular flexibility index (Phi) is 2.84. The molecule has 0 aliphatic rings. The van der Waals surface area contributed by atoms with Crippen LogP contribution in [0.5, 0.6) is 0 Å². The Labute approximate surface area is 97.9 Å². The van der Waals surface area contributed by atoms with Gasteiger partial charge in [-0.2, -0.15) is 5.26 Å². The SMILES string of the molecule is N#Cc1ccc(-c2ccccc2)c([N+](=O)[O-])c1. The van der Waals surface area contributed by atoms with Crippen LogP contribution >= 0.6 is 0 Å². The molecular formula is C13H8N2O2. The van der Waals surface area contributed by atoms with Gasteiger partial charge in [0.2, 0.25) is 0 Å². The van der Waals surface area contributed by atoms with Gasteiger partial charge < -0.3 is 0 Å². The van der Waals surface area contributed by atoms with E-state index < -0.39 is 4.92 Å². The van der Waals surface area contributed by atoms with Crippen LogP contribution in [0.25, 0.3) is 11.1 Å². The van der Waals surface area contributed by atoms with E-state index in [9.17, 15) is 10.1 Å². The second kappa shape index (κ2) is 4.45. The van der Waals surface area contributed by atoms with Gasteiger partial charge in [-0.05, 0) is 17.7 Å². The number of nitriles is 1. The maximum atomic E-state index is 11.0. The van der Waals surface area contributed by atoms with Gasteiger partial charge in [0, 0.05) is 6.07 Å². The number of nitro groups is 1. The molecule has 82 valence electrons. The Morgan fingerprint density at radius 2 is 1.82 bits per heavy atom. The van der Waals surface area contributed by atoms with E-state index in [4.69, 9.17) is 5.26 Å². The van der Waals surface area contributed by atoms with E-state index in [0.29, 0.717) is 5.56 Å². The van der Waals surface area contributed by atoms with Crippen LogP contribution in [0.15, 0.2) is 48.5 Å². The second-order valence-electron chi connectivity index (χ2n) is 3.47. The van der Waals surface area contributed by atoms with E-state index in [1.54, 1.807) is 24.3 Å². The highest BCUT2D eigenvalue weighted by Gasteiger charge is 2.15. The lowest BCUT2D eigenvalue weighted by atomic mass is 10.0. The normalized spacial score (nSPS) is 9.59. The topological polar surface area (TPSA) is 66.9 Å². The van der Waals surface area contributed by atoms with Crippen molar-refractivity contribution < 1.29 is 4.92 Å². The third-order valence-electron chi connectivity index (χ3n) is 2.41. The standard InChI is InChI=1S/C13H8N2O2/c14-9-10-6-7-12(13(8-10)15(16)17)11-4-2-1-3-5-11/h1-8H. The van der Waals surface area contributed by atoms with Gasteiger partial charge in [-0.15, -0.1) is 0 Å². The van der Waals surface area contributed by atoms with E-state index in [1.165, 1.54) is 6.07 Å². The van der Waals surface area contributed by atoms with Crippen molar-refractivity contribution in [2.45, 2.75) is 0 Å². The van der Waals surface area contributed by atoms with Crippen molar-refractivity contribution in [1.29, 1.82) is 5.26 Å². The molecule has 0 unspecified atom stereocenters. The number of nitrogens with zero attached hydrogens (tertiary/aromatic N) is 2. The molecule has 0 saturated carbocycles. The molecule has 2 aromatic carbocycles. The molecule has 0 aromatic heterocycles. The van der Waals surface area contributed by atoms with E-state index in [-0.39, 0.29) is 11.3 Å². The summed E-state index contributed by atoms with van der Waals surface area (Å²) in [6.07, 6.45) is 0. The highest BCUT2D eigenvalue weighted by atomic mass is 16.6. The largest absolute Gasteiger partial charge is 0.278 e. The highest BCUT2D eigenvalue weighted by molar-refractivity contribution is 5.74. The minimum Gasteiger partial charge on any atom is -0.258 e. The zero-order valence-electron chi connectivity index (χ0n) is 8.83. The number of hydrogen-bond acceptors (Lipinski definition) is 3. The van der Waals surface area contributed by atoms with Gasteiger partial charge in [0.05, 0.1) is 22.1 Å². The Morgan fingerprint density at radius 1 is 1.12 bits per heavy atom. The molecule has 0 radical (unpaired) electrons. The summed E-state index contributed by atoms with van der Waals surface area (Å²) in [7, 11) is 0. The zero-order chi connectivity index (χ0) is 12.3. The van der Waals surface area contributed by atoms with Gasteiger partial charge in [-0.1, -0.05) is 30.3 Å². The van der Waals surface area contributed by atoms with Crippen molar-refractivity contribution in [3.8, 4) is 17.2 Å². The molecule has 0 N–H and O–H groups in total. The molecule has 0 aliphatic heterocycles. The Hall–Kier alpha value is -2.67. The maximum Gasteiger partial charge on any atom is 0.278 e. The summed E-state index contributed by atoms with van der Waals surface area (Å²) < 4.78 is 0. The molecule has 0 amide bonds. The van der Waals surface area contributed by atoms with Crippen LogP contribution < -0.4 is 0 Å².